The average molecular weight is 268 g/mol. The smallest absolute Gasteiger partial charge is 0.316 e. The monoisotopic (exact) mass is 267 g/mol. The van der Waals surface area contributed by atoms with Gasteiger partial charge in [-0.3, -0.25) is 19.6 Å². The van der Waals surface area contributed by atoms with Crippen LogP contribution in [0.5, 0.6) is 0 Å². The number of imide groups is 1. The van der Waals surface area contributed by atoms with Gasteiger partial charge in [-0.2, -0.15) is 5.06 Å². The number of carbonyl (C=O) groups excluding carboxylic acids is 2. The summed E-state index contributed by atoms with van der Waals surface area (Å²) in [6.45, 7) is 1.56. The SMILES string of the molecule is CC(Br)C(=O)O.O=C1CCC(=O)N1O. The molecule has 0 aliphatic carbocycles. The van der Waals surface area contributed by atoms with Crippen LogP contribution in [0.1, 0.15) is 19.8 Å². The van der Waals surface area contributed by atoms with E-state index in [-0.39, 0.29) is 17.9 Å². The number of carboxylic acids is 1. The van der Waals surface area contributed by atoms with E-state index >= 15 is 0 Å². The Labute approximate surface area is 88.6 Å². The van der Waals surface area contributed by atoms with Gasteiger partial charge in [-0.25, -0.2) is 0 Å². The fourth-order valence-corrected chi connectivity index (χ4v) is 0.565. The molecule has 0 aromatic rings. The molecule has 0 radical (unpaired) electrons. The first-order valence-electron chi connectivity index (χ1n) is 3.77. The molecule has 1 fully saturated rings. The number of amides is 2. The number of hydrogen-bond acceptors (Lipinski definition) is 4. The van der Waals surface area contributed by atoms with Crippen molar-refractivity contribution in [2.24, 2.45) is 0 Å². The van der Waals surface area contributed by atoms with Crippen LogP contribution in [0.15, 0.2) is 0 Å². The highest BCUT2D eigenvalue weighted by Crippen LogP contribution is 2.07. The van der Waals surface area contributed by atoms with Gasteiger partial charge in [0.25, 0.3) is 11.8 Å². The summed E-state index contributed by atoms with van der Waals surface area (Å²) >= 11 is 2.84. The van der Waals surface area contributed by atoms with Crippen LogP contribution < -0.4 is 0 Å². The molecule has 0 aromatic heterocycles. The first-order chi connectivity index (χ1) is 6.36. The number of halogens is 1. The molecule has 1 aliphatic heterocycles. The van der Waals surface area contributed by atoms with Gasteiger partial charge in [0.15, 0.2) is 0 Å². The maximum absolute atomic E-state index is 10.2. The van der Waals surface area contributed by atoms with Crippen LogP contribution in [0.3, 0.4) is 0 Å². The number of rotatable bonds is 1. The highest BCUT2D eigenvalue weighted by atomic mass is 79.9. The maximum atomic E-state index is 10.2. The van der Waals surface area contributed by atoms with Crippen LogP contribution in [0.2, 0.25) is 0 Å². The van der Waals surface area contributed by atoms with Crippen LogP contribution in [-0.4, -0.2) is 38.0 Å². The highest BCUT2D eigenvalue weighted by Gasteiger charge is 2.26. The lowest BCUT2D eigenvalue weighted by Gasteiger charge is -1.98. The van der Waals surface area contributed by atoms with E-state index in [0.29, 0.717) is 0 Å². The Hall–Kier alpha value is -0.950. The number of carbonyl (C=O) groups is 3. The van der Waals surface area contributed by atoms with Crippen LogP contribution in [0.25, 0.3) is 0 Å². The Morgan fingerprint density at radius 3 is 1.79 bits per heavy atom. The quantitative estimate of drug-likeness (QED) is 0.407. The Bertz CT molecular complexity index is 236. The van der Waals surface area contributed by atoms with E-state index < -0.39 is 22.6 Å². The van der Waals surface area contributed by atoms with Crippen LogP contribution >= 0.6 is 15.9 Å². The van der Waals surface area contributed by atoms with E-state index in [2.05, 4.69) is 15.9 Å². The molecule has 0 saturated carbocycles. The van der Waals surface area contributed by atoms with Gasteiger partial charge in [0, 0.05) is 12.8 Å². The lowest BCUT2D eigenvalue weighted by atomic mass is 10.4. The van der Waals surface area contributed by atoms with Crippen molar-refractivity contribution >= 4 is 33.7 Å². The van der Waals surface area contributed by atoms with Crippen LogP contribution in [-0.2, 0) is 14.4 Å². The minimum absolute atomic E-state index is 0.148. The second-order valence-corrected chi connectivity index (χ2v) is 3.93. The van der Waals surface area contributed by atoms with Crippen molar-refractivity contribution in [3.63, 3.8) is 0 Å². The van der Waals surface area contributed by atoms with E-state index in [1.54, 1.807) is 6.92 Å². The maximum Gasteiger partial charge on any atom is 0.316 e. The minimum atomic E-state index is -0.824. The van der Waals surface area contributed by atoms with E-state index in [4.69, 9.17) is 10.3 Å². The molecule has 1 heterocycles. The van der Waals surface area contributed by atoms with E-state index in [0.717, 1.165) is 0 Å². The molecule has 80 valence electrons. The number of carboxylic acid groups (broad SMARTS) is 1. The van der Waals surface area contributed by atoms with Gasteiger partial charge in [-0.1, -0.05) is 15.9 Å². The van der Waals surface area contributed by atoms with Crippen molar-refractivity contribution in [1.82, 2.24) is 5.06 Å². The molecule has 1 rings (SSSR count). The largest absolute Gasteiger partial charge is 0.480 e. The number of hydrogen-bond donors (Lipinski definition) is 2. The first-order valence-corrected chi connectivity index (χ1v) is 4.69. The zero-order valence-corrected chi connectivity index (χ0v) is 9.02. The summed E-state index contributed by atoms with van der Waals surface area (Å²) < 4.78 is 0. The average Bonchev–Trinajstić information content (AvgIpc) is 2.37. The molecular weight excluding hydrogens is 258 g/mol. The number of aliphatic carboxylic acids is 1. The predicted octanol–water partition coefficient (Wildman–Crippen LogP) is 0.379. The molecule has 1 atom stereocenters. The molecule has 7 heteroatoms. The molecule has 0 bridgehead atoms. The Balaban J connectivity index is 0.000000255. The highest BCUT2D eigenvalue weighted by molar-refractivity contribution is 9.10. The molecule has 6 nitrogen and oxygen atoms in total. The van der Waals surface area contributed by atoms with Gasteiger partial charge in [0.1, 0.15) is 4.83 Å². The summed E-state index contributed by atoms with van der Waals surface area (Å²) in [6, 6.07) is 0. The first kappa shape index (κ1) is 13.1. The Morgan fingerprint density at radius 2 is 1.71 bits per heavy atom. The summed E-state index contributed by atoms with van der Waals surface area (Å²) in [4.78, 5) is 29.7. The van der Waals surface area contributed by atoms with Crippen LogP contribution in [0.4, 0.5) is 0 Å². The molecule has 0 spiro atoms. The fraction of sp³-hybridized carbons (Fsp3) is 0.571. The topological polar surface area (TPSA) is 94.9 Å². The predicted molar refractivity (Wildman–Crippen MR) is 48.9 cm³/mol. The Kier molecular flexibility index (Phi) is 5.32. The van der Waals surface area contributed by atoms with E-state index in [9.17, 15) is 14.4 Å². The third kappa shape index (κ3) is 4.33. The molecule has 1 aliphatic rings. The summed E-state index contributed by atoms with van der Waals surface area (Å²) in [5.74, 6) is -1.83. The molecule has 1 saturated heterocycles. The van der Waals surface area contributed by atoms with Gasteiger partial charge in [-0.15, -0.1) is 0 Å². The summed E-state index contributed by atoms with van der Waals surface area (Å²) in [7, 11) is 0. The van der Waals surface area contributed by atoms with Gasteiger partial charge >= 0.3 is 5.97 Å². The lowest BCUT2D eigenvalue weighted by molar-refractivity contribution is -0.171. The molecule has 14 heavy (non-hydrogen) atoms. The van der Waals surface area contributed by atoms with Crippen molar-refractivity contribution in [3.8, 4) is 0 Å². The third-order valence-corrected chi connectivity index (χ3v) is 1.76. The van der Waals surface area contributed by atoms with E-state index in [1.165, 1.54) is 0 Å². The number of nitrogens with zero attached hydrogens (tertiary/aromatic N) is 1. The van der Waals surface area contributed by atoms with Gasteiger partial charge in [0.2, 0.25) is 0 Å². The minimum Gasteiger partial charge on any atom is -0.480 e. The zero-order valence-electron chi connectivity index (χ0n) is 7.44. The van der Waals surface area contributed by atoms with Crippen LogP contribution in [0, 0.1) is 0 Å². The second kappa shape index (κ2) is 5.71. The standard InChI is InChI=1S/C4H5NO3.C3H5BrO2/c6-3-1-2-4(7)5(3)8;1-2(4)3(5)6/h8H,1-2H2;2H,1H3,(H,5,6). The molecule has 1 unspecified atom stereocenters. The zero-order chi connectivity index (χ0) is 11.3. The molecule has 0 aromatic carbocycles. The van der Waals surface area contributed by atoms with Crippen molar-refractivity contribution < 1.29 is 24.7 Å². The van der Waals surface area contributed by atoms with Gasteiger partial charge in [-0.05, 0) is 6.92 Å². The van der Waals surface area contributed by atoms with E-state index in [1.807, 2.05) is 0 Å². The summed E-state index contributed by atoms with van der Waals surface area (Å²) in [5.41, 5.74) is 0. The summed E-state index contributed by atoms with van der Waals surface area (Å²) in [5, 5.41) is 16.5. The molecular formula is C7H10BrNO5. The molecule has 2 N–H and O–H groups in total. The van der Waals surface area contributed by atoms with Crippen molar-refractivity contribution in [3.05, 3.63) is 0 Å². The normalized spacial score (nSPS) is 17.5. The van der Waals surface area contributed by atoms with Gasteiger partial charge < -0.3 is 5.11 Å². The lowest BCUT2D eigenvalue weighted by Crippen LogP contribution is -2.24. The summed E-state index contributed by atoms with van der Waals surface area (Å²) in [6.07, 6.45) is 0.296. The van der Waals surface area contributed by atoms with Gasteiger partial charge in [0.05, 0.1) is 0 Å². The Morgan fingerprint density at radius 1 is 1.43 bits per heavy atom. The van der Waals surface area contributed by atoms with Crippen molar-refractivity contribution in [2.75, 3.05) is 0 Å². The number of alkyl halides is 1. The second-order valence-electron chi connectivity index (χ2n) is 2.55. The van der Waals surface area contributed by atoms with Crippen molar-refractivity contribution in [1.29, 1.82) is 0 Å². The van der Waals surface area contributed by atoms with Crippen molar-refractivity contribution in [2.45, 2.75) is 24.6 Å². The number of hydroxylamine groups is 2. The fourth-order valence-electron chi connectivity index (χ4n) is 0.565. The molecule has 2 amide bonds. The third-order valence-electron chi connectivity index (χ3n) is 1.37.